The fourth-order valence-corrected chi connectivity index (χ4v) is 2.70. The smallest absolute Gasteiger partial charge is 0.328 e. The highest BCUT2D eigenvalue weighted by molar-refractivity contribution is 5.94. The number of nitrogens with one attached hydrogen (secondary N) is 3. The number of amides is 3. The lowest BCUT2D eigenvalue weighted by Gasteiger charge is -2.28. The molecule has 10 N–H and O–H groups in total. The molecular formula is C19H37N5O7. The number of carbonyl (C=O) groups is 4. The first-order valence-electron chi connectivity index (χ1n) is 10.4. The molecule has 0 saturated heterocycles. The standard InChI is InChI=1S/C19H37N5O7/c1-4-10(2)14(18(29)24-15(11(3)26)19(30)31)23-17(28)13(9-25)22-16(27)12(21)7-5-6-8-20/h10-15,25-26H,4-9,20-21H2,1-3H3,(H,22,27)(H,23,28)(H,24,29)(H,30,31). The van der Waals surface area contributed by atoms with Gasteiger partial charge in [-0.25, -0.2) is 4.79 Å². The Morgan fingerprint density at radius 2 is 1.52 bits per heavy atom. The van der Waals surface area contributed by atoms with E-state index < -0.39 is 66.5 Å². The van der Waals surface area contributed by atoms with Crippen molar-refractivity contribution in [2.24, 2.45) is 17.4 Å². The molecule has 31 heavy (non-hydrogen) atoms. The lowest BCUT2D eigenvalue weighted by molar-refractivity contribution is -0.145. The first-order valence-corrected chi connectivity index (χ1v) is 10.4. The molecule has 0 aliphatic rings. The monoisotopic (exact) mass is 447 g/mol. The van der Waals surface area contributed by atoms with Gasteiger partial charge in [0.1, 0.15) is 12.1 Å². The molecule has 0 aromatic heterocycles. The summed E-state index contributed by atoms with van der Waals surface area (Å²) < 4.78 is 0. The second-order valence-electron chi connectivity index (χ2n) is 7.57. The van der Waals surface area contributed by atoms with Gasteiger partial charge in [0, 0.05) is 0 Å². The van der Waals surface area contributed by atoms with Crippen molar-refractivity contribution < 1.29 is 34.5 Å². The number of carboxylic acid groups (broad SMARTS) is 1. The van der Waals surface area contributed by atoms with Crippen LogP contribution in [-0.2, 0) is 19.2 Å². The van der Waals surface area contributed by atoms with Crippen LogP contribution in [0.2, 0.25) is 0 Å². The van der Waals surface area contributed by atoms with E-state index in [-0.39, 0.29) is 0 Å². The third-order valence-corrected chi connectivity index (χ3v) is 4.96. The van der Waals surface area contributed by atoms with Crippen molar-refractivity contribution in [1.82, 2.24) is 16.0 Å². The van der Waals surface area contributed by atoms with E-state index in [0.29, 0.717) is 32.2 Å². The number of hydrogen-bond donors (Lipinski definition) is 8. The van der Waals surface area contributed by atoms with Crippen LogP contribution in [0.5, 0.6) is 0 Å². The lowest BCUT2D eigenvalue weighted by Crippen LogP contribution is -2.60. The number of hydrogen-bond acceptors (Lipinski definition) is 8. The number of aliphatic hydroxyl groups is 2. The van der Waals surface area contributed by atoms with Crippen molar-refractivity contribution in [3.05, 3.63) is 0 Å². The van der Waals surface area contributed by atoms with Crippen LogP contribution in [-0.4, -0.2) is 82.4 Å². The topological polar surface area (TPSA) is 217 Å². The van der Waals surface area contributed by atoms with Crippen molar-refractivity contribution in [3.8, 4) is 0 Å². The van der Waals surface area contributed by atoms with Gasteiger partial charge in [-0.3, -0.25) is 14.4 Å². The summed E-state index contributed by atoms with van der Waals surface area (Å²) in [6.45, 7) is 4.39. The molecule has 0 aromatic rings. The lowest BCUT2D eigenvalue weighted by atomic mass is 9.97. The third-order valence-electron chi connectivity index (χ3n) is 4.96. The first kappa shape index (κ1) is 28.7. The Bertz CT molecular complexity index is 602. The minimum atomic E-state index is -1.56. The van der Waals surface area contributed by atoms with E-state index in [1.54, 1.807) is 13.8 Å². The predicted molar refractivity (Wildman–Crippen MR) is 113 cm³/mol. The van der Waals surface area contributed by atoms with E-state index >= 15 is 0 Å². The van der Waals surface area contributed by atoms with Gasteiger partial charge < -0.3 is 42.7 Å². The summed E-state index contributed by atoms with van der Waals surface area (Å²) >= 11 is 0. The largest absolute Gasteiger partial charge is 0.480 e. The Hall–Kier alpha value is -2.28. The number of rotatable bonds is 15. The second-order valence-corrected chi connectivity index (χ2v) is 7.57. The Morgan fingerprint density at radius 3 is 1.97 bits per heavy atom. The van der Waals surface area contributed by atoms with Gasteiger partial charge in [-0.1, -0.05) is 26.7 Å². The summed E-state index contributed by atoms with van der Waals surface area (Å²) in [7, 11) is 0. The van der Waals surface area contributed by atoms with Crippen molar-refractivity contribution >= 4 is 23.7 Å². The van der Waals surface area contributed by atoms with Crippen LogP contribution < -0.4 is 27.4 Å². The van der Waals surface area contributed by atoms with E-state index in [1.807, 2.05) is 0 Å². The maximum atomic E-state index is 12.6. The Balaban J connectivity index is 5.20. The first-order chi connectivity index (χ1) is 14.5. The number of aliphatic carboxylic acids is 1. The summed E-state index contributed by atoms with van der Waals surface area (Å²) in [6, 6.07) is -4.94. The molecule has 12 nitrogen and oxygen atoms in total. The minimum absolute atomic E-state index is 0.358. The molecule has 0 radical (unpaired) electrons. The van der Waals surface area contributed by atoms with Crippen LogP contribution in [0.4, 0.5) is 0 Å². The van der Waals surface area contributed by atoms with E-state index in [2.05, 4.69) is 16.0 Å². The fraction of sp³-hybridized carbons (Fsp3) is 0.789. The van der Waals surface area contributed by atoms with Crippen LogP contribution >= 0.6 is 0 Å². The molecule has 0 aliphatic heterocycles. The van der Waals surface area contributed by atoms with Gasteiger partial charge in [0.05, 0.1) is 18.8 Å². The van der Waals surface area contributed by atoms with E-state index in [4.69, 9.17) is 16.6 Å². The molecule has 0 fully saturated rings. The minimum Gasteiger partial charge on any atom is -0.480 e. The SMILES string of the molecule is CCC(C)C(NC(=O)C(CO)NC(=O)C(N)CCCCN)C(=O)NC(C(=O)O)C(C)O. The number of aliphatic hydroxyl groups excluding tert-OH is 2. The maximum absolute atomic E-state index is 12.6. The van der Waals surface area contributed by atoms with Crippen LogP contribution in [0.1, 0.15) is 46.5 Å². The number of nitrogens with two attached hydrogens (primary N) is 2. The Morgan fingerprint density at radius 1 is 0.935 bits per heavy atom. The molecule has 0 saturated carbocycles. The van der Waals surface area contributed by atoms with Crippen LogP contribution in [0.3, 0.4) is 0 Å². The number of carboxylic acids is 1. The maximum Gasteiger partial charge on any atom is 0.328 e. The second kappa shape index (κ2) is 14.7. The average Bonchev–Trinajstić information content (AvgIpc) is 2.72. The van der Waals surface area contributed by atoms with Crippen molar-refractivity contribution in [1.29, 1.82) is 0 Å². The summed E-state index contributed by atoms with van der Waals surface area (Å²) in [5, 5.41) is 35.2. The molecule has 3 amide bonds. The summed E-state index contributed by atoms with van der Waals surface area (Å²) in [5.74, 6) is -4.09. The van der Waals surface area contributed by atoms with Gasteiger partial charge in [-0.15, -0.1) is 0 Å². The Kier molecular flexibility index (Phi) is 13.6. The zero-order valence-electron chi connectivity index (χ0n) is 18.3. The third kappa shape index (κ3) is 10.0. The molecule has 6 atom stereocenters. The van der Waals surface area contributed by atoms with E-state index in [1.165, 1.54) is 6.92 Å². The molecule has 0 aromatic carbocycles. The normalized spacial score (nSPS) is 16.9. The molecule has 6 unspecified atom stereocenters. The molecule has 0 bridgehead atoms. The van der Waals surface area contributed by atoms with E-state index in [0.717, 1.165) is 0 Å². The van der Waals surface area contributed by atoms with Crippen LogP contribution in [0, 0.1) is 5.92 Å². The highest BCUT2D eigenvalue weighted by atomic mass is 16.4. The number of carbonyl (C=O) groups excluding carboxylic acids is 3. The molecule has 180 valence electrons. The molecule has 0 heterocycles. The molecule has 0 aliphatic carbocycles. The van der Waals surface area contributed by atoms with Crippen LogP contribution in [0.15, 0.2) is 0 Å². The van der Waals surface area contributed by atoms with Gasteiger partial charge in [0.25, 0.3) is 0 Å². The van der Waals surface area contributed by atoms with E-state index in [9.17, 15) is 29.4 Å². The summed E-state index contributed by atoms with van der Waals surface area (Å²) in [5.41, 5.74) is 11.2. The highest BCUT2D eigenvalue weighted by Gasteiger charge is 2.33. The van der Waals surface area contributed by atoms with Gasteiger partial charge in [0.15, 0.2) is 6.04 Å². The molecule has 0 rings (SSSR count). The van der Waals surface area contributed by atoms with Gasteiger partial charge in [-0.2, -0.15) is 0 Å². The molecular weight excluding hydrogens is 410 g/mol. The van der Waals surface area contributed by atoms with Gasteiger partial charge in [-0.05, 0) is 32.2 Å². The zero-order chi connectivity index (χ0) is 24.1. The predicted octanol–water partition coefficient (Wildman–Crippen LogP) is -2.60. The number of unbranched alkanes of at least 4 members (excludes halogenated alkanes) is 1. The average molecular weight is 448 g/mol. The van der Waals surface area contributed by atoms with Crippen molar-refractivity contribution in [2.75, 3.05) is 13.2 Å². The van der Waals surface area contributed by atoms with Crippen LogP contribution in [0.25, 0.3) is 0 Å². The van der Waals surface area contributed by atoms with Gasteiger partial charge in [0.2, 0.25) is 17.7 Å². The summed E-state index contributed by atoms with van der Waals surface area (Å²) in [4.78, 5) is 48.6. The van der Waals surface area contributed by atoms with Crippen molar-refractivity contribution in [3.63, 3.8) is 0 Å². The van der Waals surface area contributed by atoms with Gasteiger partial charge >= 0.3 is 5.97 Å². The highest BCUT2D eigenvalue weighted by Crippen LogP contribution is 2.10. The zero-order valence-corrected chi connectivity index (χ0v) is 18.3. The molecule has 0 spiro atoms. The Labute approximate surface area is 182 Å². The van der Waals surface area contributed by atoms with Crippen molar-refractivity contribution in [2.45, 2.75) is 76.7 Å². The molecule has 12 heteroatoms. The fourth-order valence-electron chi connectivity index (χ4n) is 2.70. The quantitative estimate of drug-likeness (QED) is 0.123. The summed E-state index contributed by atoms with van der Waals surface area (Å²) in [6.07, 6.45) is 0.787.